The van der Waals surface area contributed by atoms with Crippen molar-refractivity contribution in [3.63, 3.8) is 0 Å². The van der Waals surface area contributed by atoms with E-state index in [4.69, 9.17) is 14.3 Å². The fourth-order valence-corrected chi connectivity index (χ4v) is 1.77. The van der Waals surface area contributed by atoms with E-state index in [1.165, 1.54) is 19.1 Å². The highest BCUT2D eigenvalue weighted by molar-refractivity contribution is 5.86. The summed E-state index contributed by atoms with van der Waals surface area (Å²) in [4.78, 5) is 12.9. The zero-order valence-electron chi connectivity index (χ0n) is 10.6. The summed E-state index contributed by atoms with van der Waals surface area (Å²) in [7, 11) is 1.94. The van der Waals surface area contributed by atoms with Gasteiger partial charge in [0.25, 0.3) is 0 Å². The van der Waals surface area contributed by atoms with Crippen LogP contribution in [0.4, 0.5) is 0 Å². The van der Waals surface area contributed by atoms with Crippen molar-refractivity contribution >= 4 is 5.97 Å². The van der Waals surface area contributed by atoms with Crippen LogP contribution < -0.4 is 0 Å². The largest absolute Gasteiger partial charge is 0.475 e. The molecule has 0 unspecified atom stereocenters. The number of rotatable bonds is 8. The highest BCUT2D eigenvalue weighted by atomic mass is 16.5. The Bertz CT molecular complexity index is 397. The van der Waals surface area contributed by atoms with E-state index < -0.39 is 5.97 Å². The summed E-state index contributed by atoms with van der Waals surface area (Å²) < 4.78 is 10.5. The lowest BCUT2D eigenvalue weighted by Crippen LogP contribution is -2.23. The topological polar surface area (TPSA) is 62.9 Å². The minimum absolute atomic E-state index is 0.0285. The second-order valence-electron chi connectivity index (χ2n) is 4.84. The van der Waals surface area contributed by atoms with E-state index in [0.29, 0.717) is 18.7 Å². The van der Waals surface area contributed by atoms with Crippen molar-refractivity contribution < 1.29 is 19.1 Å². The monoisotopic (exact) mass is 253 g/mol. The molecule has 0 bridgehead atoms. The van der Waals surface area contributed by atoms with Crippen LogP contribution in [0, 0.1) is 5.92 Å². The molecule has 1 aliphatic carbocycles. The van der Waals surface area contributed by atoms with Gasteiger partial charge in [-0.25, -0.2) is 4.79 Å². The third kappa shape index (κ3) is 3.85. The molecule has 18 heavy (non-hydrogen) atoms. The molecule has 0 amide bonds. The van der Waals surface area contributed by atoms with E-state index >= 15 is 0 Å². The van der Waals surface area contributed by atoms with Gasteiger partial charge in [0.05, 0.1) is 12.9 Å². The van der Waals surface area contributed by atoms with Crippen molar-refractivity contribution in [2.45, 2.75) is 19.4 Å². The molecule has 1 aromatic heterocycles. The third-order valence-corrected chi connectivity index (χ3v) is 3.05. The van der Waals surface area contributed by atoms with E-state index in [-0.39, 0.29) is 5.76 Å². The van der Waals surface area contributed by atoms with Crippen LogP contribution >= 0.6 is 0 Å². The Morgan fingerprint density at radius 3 is 3.06 bits per heavy atom. The number of likely N-dealkylation sites (N-methyl/N-ethyl adjacent to an activating group) is 1. The molecule has 1 aromatic rings. The summed E-state index contributed by atoms with van der Waals surface area (Å²) in [6, 6.07) is 1.70. The SMILES string of the molecule is CN(CCOCC1CC1)Cc1ccoc1C(=O)O. The molecule has 5 nitrogen and oxygen atoms in total. The molecule has 1 aliphatic rings. The molecular weight excluding hydrogens is 234 g/mol. The zero-order chi connectivity index (χ0) is 13.0. The van der Waals surface area contributed by atoms with Crippen LogP contribution in [0.25, 0.3) is 0 Å². The van der Waals surface area contributed by atoms with Gasteiger partial charge in [0.15, 0.2) is 0 Å². The molecular formula is C13H19NO4. The molecule has 1 heterocycles. The summed E-state index contributed by atoms with van der Waals surface area (Å²) in [6.45, 7) is 2.90. The maximum absolute atomic E-state index is 10.9. The molecule has 0 atom stereocenters. The van der Waals surface area contributed by atoms with Crippen LogP contribution in [0.3, 0.4) is 0 Å². The molecule has 1 fully saturated rings. The smallest absolute Gasteiger partial charge is 0.372 e. The van der Waals surface area contributed by atoms with Crippen molar-refractivity contribution in [3.05, 3.63) is 23.7 Å². The lowest BCUT2D eigenvalue weighted by molar-refractivity contribution is 0.0658. The van der Waals surface area contributed by atoms with Gasteiger partial charge in [0.2, 0.25) is 5.76 Å². The van der Waals surface area contributed by atoms with Crippen molar-refractivity contribution in [2.24, 2.45) is 5.92 Å². The number of furan rings is 1. The summed E-state index contributed by atoms with van der Waals surface area (Å²) in [5, 5.41) is 8.91. The average molecular weight is 253 g/mol. The maximum atomic E-state index is 10.9. The normalized spacial score (nSPS) is 15.2. The molecule has 1 saturated carbocycles. The molecule has 0 saturated heterocycles. The van der Waals surface area contributed by atoms with Crippen molar-refractivity contribution in [1.82, 2.24) is 4.90 Å². The highest BCUT2D eigenvalue weighted by Gasteiger charge is 2.21. The van der Waals surface area contributed by atoms with Crippen molar-refractivity contribution in [2.75, 3.05) is 26.8 Å². The van der Waals surface area contributed by atoms with Gasteiger partial charge in [0, 0.05) is 25.3 Å². The molecule has 0 spiro atoms. The van der Waals surface area contributed by atoms with Crippen LogP contribution in [-0.4, -0.2) is 42.8 Å². The van der Waals surface area contributed by atoms with E-state index in [1.807, 2.05) is 11.9 Å². The highest BCUT2D eigenvalue weighted by Crippen LogP contribution is 2.28. The van der Waals surface area contributed by atoms with E-state index in [2.05, 4.69) is 0 Å². The fourth-order valence-electron chi connectivity index (χ4n) is 1.77. The Morgan fingerprint density at radius 1 is 1.61 bits per heavy atom. The number of carboxylic acids is 1. The van der Waals surface area contributed by atoms with Gasteiger partial charge in [-0.1, -0.05) is 0 Å². The lowest BCUT2D eigenvalue weighted by atomic mass is 10.2. The summed E-state index contributed by atoms with van der Waals surface area (Å²) in [6.07, 6.45) is 4.01. The number of aromatic carboxylic acids is 1. The van der Waals surface area contributed by atoms with Crippen molar-refractivity contribution in [1.29, 1.82) is 0 Å². The van der Waals surface area contributed by atoms with Gasteiger partial charge >= 0.3 is 5.97 Å². The Labute approximate surface area is 106 Å². The Kier molecular flexibility index (Phi) is 4.38. The van der Waals surface area contributed by atoms with Crippen LogP contribution in [0.15, 0.2) is 16.7 Å². The second kappa shape index (κ2) is 6.02. The van der Waals surface area contributed by atoms with Crippen LogP contribution in [0.1, 0.15) is 29.0 Å². The van der Waals surface area contributed by atoms with Gasteiger partial charge in [-0.3, -0.25) is 4.90 Å². The van der Waals surface area contributed by atoms with E-state index in [1.54, 1.807) is 6.07 Å². The minimum atomic E-state index is -1.02. The first-order valence-corrected chi connectivity index (χ1v) is 6.22. The van der Waals surface area contributed by atoms with Gasteiger partial charge in [-0.15, -0.1) is 0 Å². The van der Waals surface area contributed by atoms with Gasteiger partial charge in [-0.2, -0.15) is 0 Å². The predicted molar refractivity (Wildman–Crippen MR) is 65.5 cm³/mol. The second-order valence-corrected chi connectivity index (χ2v) is 4.84. The Morgan fingerprint density at radius 2 is 2.39 bits per heavy atom. The standard InChI is InChI=1S/C13H19NO4/c1-14(5-7-17-9-10-2-3-10)8-11-4-6-18-12(11)13(15)16/h4,6,10H,2-3,5,7-9H2,1H3,(H,15,16). The lowest BCUT2D eigenvalue weighted by Gasteiger charge is -2.15. The first kappa shape index (κ1) is 13.1. The summed E-state index contributed by atoms with van der Waals surface area (Å²) in [5.74, 6) is -0.211. The summed E-state index contributed by atoms with van der Waals surface area (Å²) >= 11 is 0. The third-order valence-electron chi connectivity index (χ3n) is 3.05. The quantitative estimate of drug-likeness (QED) is 0.716. The molecule has 0 aliphatic heterocycles. The van der Waals surface area contributed by atoms with Crippen LogP contribution in [0.5, 0.6) is 0 Å². The molecule has 0 radical (unpaired) electrons. The number of ether oxygens (including phenoxy) is 1. The van der Waals surface area contributed by atoms with Gasteiger partial charge < -0.3 is 14.3 Å². The maximum Gasteiger partial charge on any atom is 0.372 e. The predicted octanol–water partition coefficient (Wildman–Crippen LogP) is 1.84. The van der Waals surface area contributed by atoms with Crippen LogP contribution in [0.2, 0.25) is 0 Å². The number of carboxylic acid groups (broad SMARTS) is 1. The fraction of sp³-hybridized carbons (Fsp3) is 0.615. The molecule has 1 N–H and O–H groups in total. The van der Waals surface area contributed by atoms with E-state index in [0.717, 1.165) is 19.1 Å². The first-order chi connectivity index (χ1) is 8.66. The minimum Gasteiger partial charge on any atom is -0.475 e. The van der Waals surface area contributed by atoms with Crippen molar-refractivity contribution in [3.8, 4) is 0 Å². The van der Waals surface area contributed by atoms with Gasteiger partial charge in [0.1, 0.15) is 0 Å². The average Bonchev–Trinajstić information content (AvgIpc) is 3.03. The number of hydrogen-bond acceptors (Lipinski definition) is 4. The number of hydrogen-bond donors (Lipinski definition) is 1. The molecule has 5 heteroatoms. The van der Waals surface area contributed by atoms with Crippen LogP contribution in [-0.2, 0) is 11.3 Å². The molecule has 100 valence electrons. The number of nitrogens with zero attached hydrogens (tertiary/aromatic N) is 1. The van der Waals surface area contributed by atoms with E-state index in [9.17, 15) is 4.79 Å². The Hall–Kier alpha value is -1.33. The summed E-state index contributed by atoms with van der Waals surface area (Å²) in [5.41, 5.74) is 0.701. The zero-order valence-corrected chi connectivity index (χ0v) is 10.6. The number of carbonyl (C=O) groups is 1. The first-order valence-electron chi connectivity index (χ1n) is 6.22. The Balaban J connectivity index is 1.70. The van der Waals surface area contributed by atoms with Gasteiger partial charge in [-0.05, 0) is 31.9 Å². The molecule has 2 rings (SSSR count). The molecule has 0 aromatic carbocycles.